The van der Waals surface area contributed by atoms with Crippen LogP contribution >= 0.6 is 0 Å². The number of aromatic nitrogens is 3. The Kier molecular flexibility index (Phi) is 8.05. The second-order valence-electron chi connectivity index (χ2n) is 11.2. The van der Waals surface area contributed by atoms with Crippen molar-refractivity contribution in [3.05, 3.63) is 47.9 Å². The number of nitrogens with zero attached hydrogens (tertiary/aromatic N) is 5. The molecule has 2 atom stereocenters. The van der Waals surface area contributed by atoms with Gasteiger partial charge in [0, 0.05) is 36.4 Å². The van der Waals surface area contributed by atoms with Crippen molar-refractivity contribution in [2.24, 2.45) is 0 Å². The number of halogens is 1. The van der Waals surface area contributed by atoms with Crippen molar-refractivity contribution in [2.45, 2.75) is 51.1 Å². The molecule has 3 aliphatic rings. The predicted molar refractivity (Wildman–Crippen MR) is 159 cm³/mol. The molecule has 3 fully saturated rings. The molecule has 1 aromatic carbocycles. The van der Waals surface area contributed by atoms with Crippen molar-refractivity contribution in [2.75, 3.05) is 45.2 Å². The summed E-state index contributed by atoms with van der Waals surface area (Å²) in [7, 11) is 3.65. The Balaban J connectivity index is 0.000000477. The van der Waals surface area contributed by atoms with Gasteiger partial charge in [0.15, 0.2) is 5.82 Å². The van der Waals surface area contributed by atoms with Crippen molar-refractivity contribution in [1.82, 2.24) is 25.2 Å². The Hall–Kier alpha value is -3.56. The molecule has 5 heterocycles. The summed E-state index contributed by atoms with van der Waals surface area (Å²) in [5, 5.41) is 14.5. The normalized spacial score (nSPS) is 22.5. The minimum absolute atomic E-state index is 0.00458. The topological polar surface area (TPSA) is 86.6 Å². The fourth-order valence-corrected chi connectivity index (χ4v) is 6.10. The summed E-state index contributed by atoms with van der Waals surface area (Å²) in [5.74, 6) is 0.0378. The number of rotatable bonds is 5. The van der Waals surface area contributed by atoms with E-state index in [2.05, 4.69) is 50.6 Å². The van der Waals surface area contributed by atoms with Crippen LogP contribution in [-0.2, 0) is 0 Å². The van der Waals surface area contributed by atoms with Gasteiger partial charge in [-0.15, -0.1) is 0 Å². The highest BCUT2D eigenvalue weighted by Gasteiger charge is 2.42. The minimum atomic E-state index is -0.588. The highest BCUT2D eigenvalue weighted by Crippen LogP contribution is 2.38. The van der Waals surface area contributed by atoms with Gasteiger partial charge in [-0.1, -0.05) is 24.8 Å². The van der Waals surface area contributed by atoms with Crippen molar-refractivity contribution < 1.29 is 14.2 Å². The van der Waals surface area contributed by atoms with E-state index in [1.165, 1.54) is 39.1 Å². The van der Waals surface area contributed by atoms with Gasteiger partial charge < -0.3 is 25.0 Å². The summed E-state index contributed by atoms with van der Waals surface area (Å²) in [6.45, 7) is 12.1. The Morgan fingerprint density at radius 1 is 1.25 bits per heavy atom. The van der Waals surface area contributed by atoms with Gasteiger partial charge in [-0.3, -0.25) is 4.98 Å². The number of nitrogens with one attached hydrogen (secondary N) is 1. The molecule has 9 heteroatoms. The standard InChI is InChI=1S/C26H28FN5O2.C5H11N/c1-5-7-18-15(6-2)10-17(33)11-19(18)22-21(27)23-20(12-28-22)24(30-25(29-23)34-4)32-13-16-8-9-26(3,14-32)31-16;1-6-4-2-3-5-6/h5-7,10-12,16,31,33H,2,8-9,13-14H2,1,3-4H3;2-5H2,1H3/b7-5-;. The molecule has 0 amide bonds. The average molecular weight is 547 g/mol. The van der Waals surface area contributed by atoms with Gasteiger partial charge in [-0.25, -0.2) is 4.39 Å². The van der Waals surface area contributed by atoms with E-state index in [0.29, 0.717) is 33.9 Å². The third-order valence-electron chi connectivity index (χ3n) is 8.04. The van der Waals surface area contributed by atoms with E-state index in [4.69, 9.17) is 4.74 Å². The number of anilines is 1. The lowest BCUT2D eigenvalue weighted by Crippen LogP contribution is -2.58. The van der Waals surface area contributed by atoms with Crippen molar-refractivity contribution >= 4 is 28.9 Å². The van der Waals surface area contributed by atoms with E-state index in [9.17, 15) is 5.11 Å². The monoisotopic (exact) mass is 546 g/mol. The summed E-state index contributed by atoms with van der Waals surface area (Å²) in [5.41, 5.74) is 2.08. The van der Waals surface area contributed by atoms with E-state index in [1.54, 1.807) is 18.3 Å². The maximum absolute atomic E-state index is 16.1. The number of fused-ring (bicyclic) bond motifs is 3. The molecule has 6 rings (SSSR count). The van der Waals surface area contributed by atoms with Crippen LogP contribution in [0.5, 0.6) is 11.8 Å². The number of methoxy groups -OCH3 is 1. The first-order valence-corrected chi connectivity index (χ1v) is 14.0. The molecule has 0 saturated carbocycles. The number of ether oxygens (including phenoxy) is 1. The fraction of sp³-hybridized carbons (Fsp3) is 0.452. The zero-order valence-corrected chi connectivity index (χ0v) is 23.9. The van der Waals surface area contributed by atoms with Gasteiger partial charge in [0.1, 0.15) is 22.8 Å². The van der Waals surface area contributed by atoms with E-state index in [-0.39, 0.29) is 28.5 Å². The van der Waals surface area contributed by atoms with Crippen LogP contribution in [0.1, 0.15) is 50.7 Å². The average Bonchev–Trinajstić information content (AvgIpc) is 3.54. The first kappa shape index (κ1) is 28.0. The summed E-state index contributed by atoms with van der Waals surface area (Å²) >= 11 is 0. The lowest BCUT2D eigenvalue weighted by molar-refractivity contribution is 0.346. The van der Waals surface area contributed by atoms with Crippen LogP contribution < -0.4 is 15.0 Å². The minimum Gasteiger partial charge on any atom is -0.508 e. The van der Waals surface area contributed by atoms with Gasteiger partial charge in [-0.2, -0.15) is 9.97 Å². The van der Waals surface area contributed by atoms with Crippen LogP contribution in [0, 0.1) is 5.82 Å². The molecule has 0 aliphatic carbocycles. The smallest absolute Gasteiger partial charge is 0.318 e. The first-order chi connectivity index (χ1) is 19.2. The third kappa shape index (κ3) is 5.53. The fourth-order valence-electron chi connectivity index (χ4n) is 6.10. The van der Waals surface area contributed by atoms with E-state index >= 15 is 4.39 Å². The molecule has 2 N–H and O–H groups in total. The van der Waals surface area contributed by atoms with Gasteiger partial charge in [-0.05, 0) is 82.9 Å². The summed E-state index contributed by atoms with van der Waals surface area (Å²) in [6.07, 6.45) is 12.0. The number of pyridine rings is 1. The van der Waals surface area contributed by atoms with Gasteiger partial charge in [0.05, 0.1) is 12.5 Å². The predicted octanol–water partition coefficient (Wildman–Crippen LogP) is 5.26. The number of phenols is 1. The number of likely N-dealkylation sites (tertiary alicyclic amines) is 1. The largest absolute Gasteiger partial charge is 0.508 e. The third-order valence-corrected chi connectivity index (χ3v) is 8.04. The molecular weight excluding hydrogens is 507 g/mol. The Bertz CT molecular complexity index is 1440. The quantitative estimate of drug-likeness (QED) is 0.448. The number of hydrogen-bond donors (Lipinski definition) is 2. The van der Waals surface area contributed by atoms with E-state index in [1.807, 2.05) is 19.1 Å². The van der Waals surface area contributed by atoms with Crippen molar-refractivity contribution in [1.29, 1.82) is 0 Å². The van der Waals surface area contributed by atoms with Crippen LogP contribution in [0.4, 0.5) is 10.2 Å². The Morgan fingerprint density at radius 3 is 2.65 bits per heavy atom. The molecule has 0 radical (unpaired) electrons. The Labute approximate surface area is 235 Å². The van der Waals surface area contributed by atoms with Crippen LogP contribution in [0.3, 0.4) is 0 Å². The van der Waals surface area contributed by atoms with Gasteiger partial charge in [0.25, 0.3) is 0 Å². The second kappa shape index (κ2) is 11.5. The lowest BCUT2D eigenvalue weighted by atomic mass is 9.96. The SMILES string of the molecule is C=Cc1cc(O)cc(-c2ncc3c(N4CC5CCC(C)(C4)N5)nc(OC)nc3c2F)c1/C=C\C.CN1CCCC1. The number of piperazine rings is 1. The van der Waals surface area contributed by atoms with E-state index in [0.717, 1.165) is 25.9 Å². The highest BCUT2D eigenvalue weighted by atomic mass is 19.1. The zero-order chi connectivity index (χ0) is 28.4. The number of allylic oxidation sites excluding steroid dienone is 1. The summed E-state index contributed by atoms with van der Waals surface area (Å²) in [6, 6.07) is 3.56. The van der Waals surface area contributed by atoms with Crippen LogP contribution in [0.2, 0.25) is 0 Å². The zero-order valence-electron chi connectivity index (χ0n) is 23.9. The number of phenolic OH excluding ortho intramolecular Hbond substituents is 1. The molecule has 2 aromatic heterocycles. The molecule has 2 unspecified atom stereocenters. The van der Waals surface area contributed by atoms with Crippen molar-refractivity contribution in [3.63, 3.8) is 0 Å². The van der Waals surface area contributed by atoms with Crippen molar-refractivity contribution in [3.8, 4) is 23.0 Å². The molecule has 8 nitrogen and oxygen atoms in total. The molecule has 3 aromatic rings. The summed E-state index contributed by atoms with van der Waals surface area (Å²) < 4.78 is 21.4. The van der Waals surface area contributed by atoms with E-state index < -0.39 is 5.82 Å². The molecular formula is C31H39FN6O2. The van der Waals surface area contributed by atoms with Gasteiger partial charge >= 0.3 is 6.01 Å². The molecule has 212 valence electrons. The number of aromatic hydroxyl groups is 1. The highest BCUT2D eigenvalue weighted by molar-refractivity contribution is 5.93. The molecule has 3 saturated heterocycles. The molecule has 2 bridgehead atoms. The molecule has 40 heavy (non-hydrogen) atoms. The number of hydrogen-bond acceptors (Lipinski definition) is 8. The number of benzene rings is 1. The van der Waals surface area contributed by atoms with Crippen LogP contribution in [0.15, 0.2) is 31.0 Å². The van der Waals surface area contributed by atoms with Gasteiger partial charge in [0.2, 0.25) is 0 Å². The maximum Gasteiger partial charge on any atom is 0.318 e. The summed E-state index contributed by atoms with van der Waals surface area (Å²) in [4.78, 5) is 18.0. The van der Waals surface area contributed by atoms with Crippen LogP contribution in [0.25, 0.3) is 34.3 Å². The first-order valence-electron chi connectivity index (χ1n) is 14.0. The maximum atomic E-state index is 16.1. The molecule has 3 aliphatic heterocycles. The second-order valence-corrected chi connectivity index (χ2v) is 11.2. The van der Waals surface area contributed by atoms with Crippen LogP contribution in [-0.4, -0.2) is 76.9 Å². The lowest BCUT2D eigenvalue weighted by Gasteiger charge is -2.40. The Morgan fingerprint density at radius 2 is 2.02 bits per heavy atom. The molecule has 0 spiro atoms.